The fraction of sp³-hybridized carbons (Fsp3) is 1.00. The van der Waals surface area contributed by atoms with Gasteiger partial charge in [-0.25, -0.2) is 0 Å². The molecule has 0 aliphatic carbocycles. The van der Waals surface area contributed by atoms with Crippen LogP contribution in [0.1, 0.15) is 40.5 Å². The summed E-state index contributed by atoms with van der Waals surface area (Å²) in [4.78, 5) is 0. The Balaban J connectivity index is 4.42. The van der Waals surface area contributed by atoms with Crippen LogP contribution in [0, 0.1) is 0 Å². The molecule has 0 spiro atoms. The summed E-state index contributed by atoms with van der Waals surface area (Å²) in [5.74, 6) is 0. The largest absolute Gasteiger partial charge is 0.387 e. The quantitative estimate of drug-likeness (QED) is 0.604. The molecule has 92 valence electrons. The van der Waals surface area contributed by atoms with E-state index in [1.807, 2.05) is 13.8 Å². The topological polar surface area (TPSA) is 40.5 Å². The Kier molecular flexibility index (Phi) is 7.14. The predicted octanol–water partition coefficient (Wildman–Crippen LogP) is 1.38. The van der Waals surface area contributed by atoms with Crippen molar-refractivity contribution in [2.75, 3.05) is 26.2 Å². The van der Waals surface area contributed by atoms with Gasteiger partial charge in [0.2, 0.25) is 0 Å². The van der Waals surface area contributed by atoms with Crippen LogP contribution in [0.4, 0.5) is 0 Å². The highest BCUT2D eigenvalue weighted by molar-refractivity contribution is 4.57. The molecule has 2 N–H and O–H groups in total. The molecule has 0 amide bonds. The standard InChI is InChI=1S/C12H28NO2/c1-5-11(14)9-13(7-3,8-4)10-12(15)6-2/h11-12,14-15H,5-10H2,1-4H3/q+1. The molecule has 0 saturated heterocycles. The minimum Gasteiger partial charge on any atom is -0.387 e. The molecule has 0 bridgehead atoms. The van der Waals surface area contributed by atoms with Crippen molar-refractivity contribution in [3.63, 3.8) is 0 Å². The molecule has 3 heteroatoms. The maximum absolute atomic E-state index is 9.74. The number of aliphatic hydroxyl groups is 2. The summed E-state index contributed by atoms with van der Waals surface area (Å²) in [5.41, 5.74) is 0. The molecule has 0 rings (SSSR count). The van der Waals surface area contributed by atoms with E-state index in [0.717, 1.165) is 43.5 Å². The molecule has 15 heavy (non-hydrogen) atoms. The molecule has 0 radical (unpaired) electrons. The van der Waals surface area contributed by atoms with Crippen LogP contribution in [-0.4, -0.2) is 53.1 Å². The third-order valence-corrected chi connectivity index (χ3v) is 3.48. The van der Waals surface area contributed by atoms with Crippen molar-refractivity contribution in [2.24, 2.45) is 0 Å². The predicted molar refractivity (Wildman–Crippen MR) is 63.7 cm³/mol. The highest BCUT2D eigenvalue weighted by Gasteiger charge is 2.28. The maximum atomic E-state index is 9.74. The molecule has 2 unspecified atom stereocenters. The van der Waals surface area contributed by atoms with Crippen LogP contribution in [0.2, 0.25) is 0 Å². The van der Waals surface area contributed by atoms with Crippen LogP contribution in [0.15, 0.2) is 0 Å². The fourth-order valence-corrected chi connectivity index (χ4v) is 1.97. The van der Waals surface area contributed by atoms with Gasteiger partial charge in [0, 0.05) is 0 Å². The first-order chi connectivity index (χ1) is 7.03. The van der Waals surface area contributed by atoms with Crippen LogP contribution in [0.25, 0.3) is 0 Å². The minimum absolute atomic E-state index is 0.242. The van der Waals surface area contributed by atoms with Gasteiger partial charge in [-0.1, -0.05) is 13.8 Å². The maximum Gasteiger partial charge on any atom is 0.105 e. The highest BCUT2D eigenvalue weighted by atomic mass is 16.3. The summed E-state index contributed by atoms with van der Waals surface area (Å²) >= 11 is 0. The SMILES string of the molecule is CCC(O)C[N+](CC)(CC)CC(O)CC. The second kappa shape index (κ2) is 7.20. The molecule has 0 aromatic heterocycles. The van der Waals surface area contributed by atoms with Crippen molar-refractivity contribution >= 4 is 0 Å². The molecular formula is C12H28NO2+. The van der Waals surface area contributed by atoms with E-state index in [-0.39, 0.29) is 12.2 Å². The van der Waals surface area contributed by atoms with Crippen LogP contribution in [0.3, 0.4) is 0 Å². The van der Waals surface area contributed by atoms with E-state index in [0.29, 0.717) is 0 Å². The van der Waals surface area contributed by atoms with Gasteiger partial charge in [0.15, 0.2) is 0 Å². The third-order valence-electron chi connectivity index (χ3n) is 3.48. The summed E-state index contributed by atoms with van der Waals surface area (Å²) in [7, 11) is 0. The fourth-order valence-electron chi connectivity index (χ4n) is 1.97. The Hall–Kier alpha value is -0.120. The summed E-state index contributed by atoms with van der Waals surface area (Å²) in [6, 6.07) is 0. The van der Waals surface area contributed by atoms with Gasteiger partial charge >= 0.3 is 0 Å². The molecule has 0 aliphatic rings. The van der Waals surface area contributed by atoms with E-state index in [1.54, 1.807) is 0 Å². The molecule has 0 aliphatic heterocycles. The Labute approximate surface area is 94.3 Å². The van der Waals surface area contributed by atoms with Gasteiger partial charge in [0.1, 0.15) is 25.3 Å². The lowest BCUT2D eigenvalue weighted by Crippen LogP contribution is -2.55. The Bertz CT molecular complexity index is 144. The summed E-state index contributed by atoms with van der Waals surface area (Å²) < 4.78 is 0.823. The number of nitrogens with zero attached hydrogens (tertiary/aromatic N) is 1. The van der Waals surface area contributed by atoms with E-state index >= 15 is 0 Å². The van der Waals surface area contributed by atoms with Gasteiger partial charge in [-0.3, -0.25) is 0 Å². The van der Waals surface area contributed by atoms with Crippen molar-refractivity contribution < 1.29 is 14.7 Å². The normalized spacial score (nSPS) is 16.4. The smallest absolute Gasteiger partial charge is 0.105 e. The van der Waals surface area contributed by atoms with Crippen molar-refractivity contribution in [1.29, 1.82) is 0 Å². The molecule has 0 aromatic rings. The molecule has 0 aromatic carbocycles. The van der Waals surface area contributed by atoms with Gasteiger partial charge in [0.05, 0.1) is 13.1 Å². The number of aliphatic hydroxyl groups excluding tert-OH is 2. The number of rotatable bonds is 8. The molecule has 0 saturated carbocycles. The first-order valence-electron chi connectivity index (χ1n) is 6.24. The highest BCUT2D eigenvalue weighted by Crippen LogP contribution is 2.12. The van der Waals surface area contributed by atoms with Crippen LogP contribution in [0.5, 0.6) is 0 Å². The van der Waals surface area contributed by atoms with Gasteiger partial charge in [-0.2, -0.15) is 0 Å². The van der Waals surface area contributed by atoms with E-state index in [9.17, 15) is 10.2 Å². The Morgan fingerprint density at radius 3 is 1.33 bits per heavy atom. The Morgan fingerprint density at radius 2 is 1.13 bits per heavy atom. The monoisotopic (exact) mass is 218 g/mol. The second-order valence-electron chi connectivity index (χ2n) is 4.46. The lowest BCUT2D eigenvalue weighted by atomic mass is 10.1. The zero-order valence-corrected chi connectivity index (χ0v) is 10.7. The van der Waals surface area contributed by atoms with E-state index in [4.69, 9.17) is 0 Å². The van der Waals surface area contributed by atoms with Gasteiger partial charge < -0.3 is 14.7 Å². The number of hydrogen-bond donors (Lipinski definition) is 2. The average molecular weight is 218 g/mol. The summed E-state index contributed by atoms with van der Waals surface area (Å²) in [5, 5.41) is 19.5. The number of hydrogen-bond acceptors (Lipinski definition) is 2. The number of quaternary nitrogens is 1. The third kappa shape index (κ3) is 4.96. The van der Waals surface area contributed by atoms with Crippen LogP contribution in [-0.2, 0) is 0 Å². The average Bonchev–Trinajstić information content (AvgIpc) is 2.27. The van der Waals surface area contributed by atoms with Gasteiger partial charge in [-0.15, -0.1) is 0 Å². The van der Waals surface area contributed by atoms with Crippen molar-refractivity contribution in [1.82, 2.24) is 0 Å². The molecular weight excluding hydrogens is 190 g/mol. The molecule has 2 atom stereocenters. The lowest BCUT2D eigenvalue weighted by Gasteiger charge is -2.39. The van der Waals surface area contributed by atoms with E-state index in [1.165, 1.54) is 0 Å². The number of likely N-dealkylation sites (N-methyl/N-ethyl adjacent to an activating group) is 1. The van der Waals surface area contributed by atoms with E-state index < -0.39 is 0 Å². The van der Waals surface area contributed by atoms with Crippen molar-refractivity contribution in [3.05, 3.63) is 0 Å². The molecule has 3 nitrogen and oxygen atoms in total. The van der Waals surface area contributed by atoms with Gasteiger partial charge in [-0.05, 0) is 26.7 Å². The minimum atomic E-state index is -0.242. The lowest BCUT2D eigenvalue weighted by molar-refractivity contribution is -0.930. The Morgan fingerprint density at radius 1 is 0.800 bits per heavy atom. The van der Waals surface area contributed by atoms with Crippen molar-refractivity contribution in [2.45, 2.75) is 52.7 Å². The van der Waals surface area contributed by atoms with Gasteiger partial charge in [0.25, 0.3) is 0 Å². The van der Waals surface area contributed by atoms with Crippen molar-refractivity contribution in [3.8, 4) is 0 Å². The molecule has 0 fully saturated rings. The zero-order valence-electron chi connectivity index (χ0n) is 10.7. The second-order valence-corrected chi connectivity index (χ2v) is 4.46. The van der Waals surface area contributed by atoms with Crippen LogP contribution < -0.4 is 0 Å². The van der Waals surface area contributed by atoms with Crippen LogP contribution >= 0.6 is 0 Å². The first kappa shape index (κ1) is 14.9. The zero-order chi connectivity index (χ0) is 11.9. The van der Waals surface area contributed by atoms with E-state index in [2.05, 4.69) is 13.8 Å². The molecule has 0 heterocycles. The summed E-state index contributed by atoms with van der Waals surface area (Å²) in [6.07, 6.45) is 1.10. The summed E-state index contributed by atoms with van der Waals surface area (Å²) in [6.45, 7) is 11.8. The first-order valence-corrected chi connectivity index (χ1v) is 6.24.